The number of nitrogens with zero attached hydrogens (tertiary/aromatic N) is 4. The van der Waals surface area contributed by atoms with Crippen LogP contribution in [0.3, 0.4) is 0 Å². The number of aromatic amines is 1. The Kier molecular flexibility index (Phi) is 4.11. The summed E-state index contributed by atoms with van der Waals surface area (Å²) in [4.78, 5) is 30.7. The van der Waals surface area contributed by atoms with Crippen LogP contribution in [-0.4, -0.2) is 42.5 Å². The fourth-order valence-corrected chi connectivity index (χ4v) is 4.77. The summed E-state index contributed by atoms with van der Waals surface area (Å²) in [6.45, 7) is 4.81. The minimum Gasteiger partial charge on any atom is -0.355 e. The van der Waals surface area contributed by atoms with Crippen LogP contribution in [0.5, 0.6) is 0 Å². The average molecular weight is 428 g/mol. The van der Waals surface area contributed by atoms with Crippen molar-refractivity contribution in [3.05, 3.63) is 53.9 Å². The minimum atomic E-state index is -0.363. The van der Waals surface area contributed by atoms with Crippen molar-refractivity contribution < 1.29 is 9.59 Å². The average Bonchev–Trinajstić information content (AvgIpc) is 3.23. The molecule has 2 N–H and O–H groups in total. The molecule has 162 valence electrons. The van der Waals surface area contributed by atoms with Crippen molar-refractivity contribution >= 4 is 17.5 Å². The van der Waals surface area contributed by atoms with Crippen molar-refractivity contribution in [2.24, 2.45) is 7.05 Å². The quantitative estimate of drug-likeness (QED) is 0.623. The van der Waals surface area contributed by atoms with E-state index in [4.69, 9.17) is 4.98 Å². The van der Waals surface area contributed by atoms with Crippen molar-refractivity contribution in [3.63, 3.8) is 0 Å². The lowest BCUT2D eigenvalue weighted by Crippen LogP contribution is -2.50. The van der Waals surface area contributed by atoms with Crippen LogP contribution in [0, 0.1) is 0 Å². The fraction of sp³-hybridized carbons (Fsp3) is 0.333. The summed E-state index contributed by atoms with van der Waals surface area (Å²) in [6, 6.07) is 7.96. The lowest BCUT2D eigenvalue weighted by molar-refractivity contribution is -0.136. The number of fused-ring (bicyclic) bond motifs is 1. The highest BCUT2D eigenvalue weighted by Gasteiger charge is 2.36. The zero-order valence-electron chi connectivity index (χ0n) is 17.9. The molecule has 2 amide bonds. The summed E-state index contributed by atoms with van der Waals surface area (Å²) in [7, 11) is 1.98. The van der Waals surface area contributed by atoms with Crippen molar-refractivity contribution in [2.75, 3.05) is 0 Å². The molecule has 3 aliphatic rings. The van der Waals surface area contributed by atoms with Gasteiger partial charge in [0.1, 0.15) is 11.7 Å². The Morgan fingerprint density at radius 2 is 1.97 bits per heavy atom. The van der Waals surface area contributed by atoms with Crippen LogP contribution in [-0.2, 0) is 23.2 Å². The van der Waals surface area contributed by atoms with Crippen LogP contribution in [0.2, 0.25) is 0 Å². The van der Waals surface area contributed by atoms with Crippen molar-refractivity contribution in [1.82, 2.24) is 30.0 Å². The number of hydrogen-bond donors (Lipinski definition) is 2. The molecule has 1 aliphatic carbocycles. The minimum absolute atomic E-state index is 0.206. The van der Waals surface area contributed by atoms with E-state index in [1.54, 1.807) is 0 Å². The molecule has 0 radical (unpaired) electrons. The third-order valence-corrected chi connectivity index (χ3v) is 6.71. The Balaban J connectivity index is 1.27. The lowest BCUT2D eigenvalue weighted by Gasteiger charge is -2.31. The molecule has 0 spiro atoms. The first-order chi connectivity index (χ1) is 15.5. The third-order valence-electron chi connectivity index (χ3n) is 6.71. The highest BCUT2D eigenvalue weighted by atomic mass is 16.2. The second kappa shape index (κ2) is 6.91. The van der Waals surface area contributed by atoms with E-state index >= 15 is 0 Å². The summed E-state index contributed by atoms with van der Waals surface area (Å²) in [5, 5.41) is 10.1. The molecule has 2 aliphatic heterocycles. The summed E-state index contributed by atoms with van der Waals surface area (Å²) in [5.74, 6) is 1.00. The zero-order chi connectivity index (χ0) is 22.0. The summed E-state index contributed by atoms with van der Waals surface area (Å²) >= 11 is 0. The van der Waals surface area contributed by atoms with Gasteiger partial charge in [-0.25, -0.2) is 4.98 Å². The number of imidazole rings is 1. The number of hydrogen-bond acceptors (Lipinski definition) is 5. The predicted molar refractivity (Wildman–Crippen MR) is 119 cm³/mol. The number of piperidine rings is 1. The van der Waals surface area contributed by atoms with Gasteiger partial charge in [-0.3, -0.25) is 20.0 Å². The number of rotatable bonds is 4. The molecule has 1 atom stereocenters. The summed E-state index contributed by atoms with van der Waals surface area (Å²) in [6.07, 6.45) is 5.34. The van der Waals surface area contributed by atoms with E-state index < -0.39 is 0 Å². The second-order valence-electron chi connectivity index (χ2n) is 8.96. The van der Waals surface area contributed by atoms with Crippen LogP contribution < -0.4 is 5.32 Å². The molecular formula is C24H24N6O2. The van der Waals surface area contributed by atoms with Crippen LogP contribution in [0.15, 0.2) is 37.0 Å². The molecule has 32 heavy (non-hydrogen) atoms. The summed E-state index contributed by atoms with van der Waals surface area (Å²) < 4.78 is 2.00. The van der Waals surface area contributed by atoms with Gasteiger partial charge >= 0.3 is 0 Å². The molecule has 1 aromatic carbocycles. The van der Waals surface area contributed by atoms with E-state index in [0.717, 1.165) is 39.6 Å². The number of H-pyrrole nitrogens is 1. The SMILES string of the molecule is C=C1c2ccc(-c3cn(C)c(-c4cc(C5CC5)[nH]n4)n3)cc2CN1C1CCC(=O)NC1=O. The fourth-order valence-electron chi connectivity index (χ4n) is 4.77. The number of carbonyl (C=O) groups excluding carboxylic acids is 2. The van der Waals surface area contributed by atoms with E-state index in [0.29, 0.717) is 25.3 Å². The van der Waals surface area contributed by atoms with E-state index in [2.05, 4.69) is 34.2 Å². The zero-order valence-corrected chi connectivity index (χ0v) is 17.9. The molecule has 2 fully saturated rings. The first kappa shape index (κ1) is 19.0. The first-order valence-corrected chi connectivity index (χ1v) is 11.0. The molecule has 4 heterocycles. The highest BCUT2D eigenvalue weighted by Crippen LogP contribution is 2.40. The molecule has 8 heteroatoms. The van der Waals surface area contributed by atoms with Crippen LogP contribution in [0.1, 0.15) is 48.4 Å². The normalized spacial score (nSPS) is 20.6. The number of aryl methyl sites for hydroxylation is 1. The standard InChI is InChI=1S/C24H24N6O2/c1-13-17-6-5-15(9-16(17)11-30(13)21-7-8-22(31)26-24(21)32)20-12-29(2)23(25-20)19-10-18(27-28-19)14-3-4-14/h5-6,9-10,12,14,21H,1,3-4,7-8,11H2,2H3,(H,27,28)(H,26,31,32). The predicted octanol–water partition coefficient (Wildman–Crippen LogP) is 2.95. The monoisotopic (exact) mass is 428 g/mol. The van der Waals surface area contributed by atoms with Crippen LogP contribution in [0.25, 0.3) is 28.5 Å². The Morgan fingerprint density at radius 3 is 2.75 bits per heavy atom. The van der Waals surface area contributed by atoms with Gasteiger partial charge in [-0.05, 0) is 37.0 Å². The molecule has 1 unspecified atom stereocenters. The number of carbonyl (C=O) groups is 2. The van der Waals surface area contributed by atoms with Crippen molar-refractivity contribution in [3.8, 4) is 22.8 Å². The number of aromatic nitrogens is 4. The number of benzene rings is 1. The maximum atomic E-state index is 12.4. The van der Waals surface area contributed by atoms with E-state index in [1.807, 2.05) is 34.8 Å². The number of imide groups is 1. The maximum absolute atomic E-state index is 12.4. The van der Waals surface area contributed by atoms with Crippen molar-refractivity contribution in [1.29, 1.82) is 0 Å². The number of amides is 2. The van der Waals surface area contributed by atoms with Gasteiger partial charge in [0, 0.05) is 54.6 Å². The molecule has 8 nitrogen and oxygen atoms in total. The van der Waals surface area contributed by atoms with Gasteiger partial charge in [0.15, 0.2) is 5.82 Å². The Morgan fingerprint density at radius 1 is 1.12 bits per heavy atom. The molecule has 1 saturated heterocycles. The Hall–Kier alpha value is -3.68. The van der Waals surface area contributed by atoms with Gasteiger partial charge in [-0.15, -0.1) is 0 Å². The van der Waals surface area contributed by atoms with Gasteiger partial charge in [0.25, 0.3) is 0 Å². The van der Waals surface area contributed by atoms with E-state index in [1.165, 1.54) is 18.5 Å². The van der Waals surface area contributed by atoms with Crippen LogP contribution >= 0.6 is 0 Å². The maximum Gasteiger partial charge on any atom is 0.249 e. The largest absolute Gasteiger partial charge is 0.355 e. The first-order valence-electron chi connectivity index (χ1n) is 11.0. The summed E-state index contributed by atoms with van der Waals surface area (Å²) in [5.41, 5.74) is 6.92. The number of nitrogens with one attached hydrogen (secondary N) is 2. The second-order valence-corrected chi connectivity index (χ2v) is 8.96. The molecule has 6 rings (SSSR count). The van der Waals surface area contributed by atoms with Gasteiger partial charge in [0.2, 0.25) is 11.8 Å². The van der Waals surface area contributed by atoms with Gasteiger partial charge in [-0.1, -0.05) is 18.7 Å². The highest BCUT2D eigenvalue weighted by molar-refractivity contribution is 6.01. The molecule has 0 bridgehead atoms. The third kappa shape index (κ3) is 3.05. The molecule has 3 aromatic rings. The smallest absolute Gasteiger partial charge is 0.249 e. The lowest BCUT2D eigenvalue weighted by atomic mass is 10.0. The van der Waals surface area contributed by atoms with Gasteiger partial charge < -0.3 is 9.47 Å². The Bertz CT molecular complexity index is 1280. The Labute approximate surface area is 185 Å². The molecule has 2 aromatic heterocycles. The van der Waals surface area contributed by atoms with Crippen LogP contribution in [0.4, 0.5) is 0 Å². The van der Waals surface area contributed by atoms with Gasteiger partial charge in [0.05, 0.1) is 5.69 Å². The van der Waals surface area contributed by atoms with Crippen molar-refractivity contribution in [2.45, 2.75) is 44.2 Å². The van der Waals surface area contributed by atoms with E-state index in [-0.39, 0.29) is 17.9 Å². The molecular weight excluding hydrogens is 404 g/mol. The van der Waals surface area contributed by atoms with Gasteiger partial charge in [-0.2, -0.15) is 5.10 Å². The van der Waals surface area contributed by atoms with E-state index in [9.17, 15) is 9.59 Å². The topological polar surface area (TPSA) is 95.9 Å². The molecule has 1 saturated carbocycles.